The highest BCUT2D eigenvalue weighted by Gasteiger charge is 2.29. The number of nitrogens with one attached hydrogen (secondary N) is 2. The van der Waals surface area contributed by atoms with E-state index in [1.54, 1.807) is 35.0 Å². The van der Waals surface area contributed by atoms with Crippen LogP contribution < -0.4 is 15.4 Å². The van der Waals surface area contributed by atoms with Crippen LogP contribution in [0, 0.1) is 0 Å². The number of aromatic nitrogens is 2. The Morgan fingerprint density at radius 1 is 1.26 bits per heavy atom. The van der Waals surface area contributed by atoms with Gasteiger partial charge < -0.3 is 20.5 Å². The SMILES string of the molecule is CCOc1ccc(NC(=O)c2cnn3c2NC(C(=O)O)=C[C@H]3c2cccc(Br)c2)cc1. The molecular weight excluding hydrogens is 464 g/mol. The molecule has 0 radical (unpaired) electrons. The summed E-state index contributed by atoms with van der Waals surface area (Å²) in [6.07, 6.45) is 2.99. The standard InChI is InChI=1S/C22H19BrN4O4/c1-2-31-16-8-6-15(7-9-16)25-21(28)17-12-24-27-19(13-4-3-5-14(23)10-13)11-18(22(29)30)26-20(17)27/h3-12,19,26H,2H2,1H3,(H,25,28)(H,29,30)/t19-/m0/s1. The van der Waals surface area contributed by atoms with Crippen molar-refractivity contribution in [3.63, 3.8) is 0 Å². The third-order valence-electron chi connectivity index (χ3n) is 4.72. The molecule has 0 spiro atoms. The number of fused-ring (bicyclic) bond motifs is 1. The maximum Gasteiger partial charge on any atom is 0.352 e. The van der Waals surface area contributed by atoms with Gasteiger partial charge in [-0.3, -0.25) is 4.79 Å². The van der Waals surface area contributed by atoms with E-state index in [4.69, 9.17) is 4.74 Å². The van der Waals surface area contributed by atoms with Crippen molar-refractivity contribution in [1.82, 2.24) is 9.78 Å². The van der Waals surface area contributed by atoms with Crippen LogP contribution in [0.4, 0.5) is 11.5 Å². The topological polar surface area (TPSA) is 105 Å². The fourth-order valence-electron chi connectivity index (χ4n) is 3.31. The van der Waals surface area contributed by atoms with Crippen molar-refractivity contribution >= 4 is 39.3 Å². The van der Waals surface area contributed by atoms with Crippen LogP contribution in [0.25, 0.3) is 0 Å². The first-order valence-corrected chi connectivity index (χ1v) is 10.3. The maximum absolute atomic E-state index is 12.9. The number of hydrogen-bond acceptors (Lipinski definition) is 5. The maximum atomic E-state index is 12.9. The number of amides is 1. The van der Waals surface area contributed by atoms with E-state index in [1.807, 2.05) is 31.2 Å². The Hall–Kier alpha value is -3.59. The van der Waals surface area contributed by atoms with Gasteiger partial charge in [0.1, 0.15) is 22.8 Å². The number of halogens is 1. The Labute approximate surface area is 186 Å². The number of allylic oxidation sites excluding steroid dienone is 1. The largest absolute Gasteiger partial charge is 0.494 e. The van der Waals surface area contributed by atoms with Crippen molar-refractivity contribution in [2.45, 2.75) is 13.0 Å². The second-order valence-electron chi connectivity index (χ2n) is 6.77. The Morgan fingerprint density at radius 2 is 2.03 bits per heavy atom. The number of anilines is 2. The molecule has 1 aliphatic rings. The van der Waals surface area contributed by atoms with E-state index in [1.165, 1.54) is 6.20 Å². The first-order chi connectivity index (χ1) is 15.0. The van der Waals surface area contributed by atoms with Crippen LogP contribution in [0.3, 0.4) is 0 Å². The van der Waals surface area contributed by atoms with Gasteiger partial charge in [0.2, 0.25) is 0 Å². The van der Waals surface area contributed by atoms with Gasteiger partial charge in [0.05, 0.1) is 18.8 Å². The number of carboxylic acid groups (broad SMARTS) is 1. The van der Waals surface area contributed by atoms with Crippen LogP contribution in [0.5, 0.6) is 5.75 Å². The fraction of sp³-hybridized carbons (Fsp3) is 0.136. The van der Waals surface area contributed by atoms with Gasteiger partial charge in [-0.15, -0.1) is 0 Å². The molecule has 2 heterocycles. The van der Waals surface area contributed by atoms with Gasteiger partial charge in [-0.2, -0.15) is 5.10 Å². The van der Waals surface area contributed by atoms with E-state index >= 15 is 0 Å². The Bertz CT molecular complexity index is 1170. The molecule has 1 aliphatic heterocycles. The number of carbonyl (C=O) groups excluding carboxylic acids is 1. The summed E-state index contributed by atoms with van der Waals surface area (Å²) in [6, 6.07) is 14.0. The van der Waals surface area contributed by atoms with Crippen LogP contribution in [-0.2, 0) is 4.79 Å². The zero-order valence-corrected chi connectivity index (χ0v) is 18.1. The molecule has 0 unspecified atom stereocenters. The summed E-state index contributed by atoms with van der Waals surface area (Å²) < 4.78 is 7.86. The summed E-state index contributed by atoms with van der Waals surface area (Å²) in [5.74, 6) is -0.505. The van der Waals surface area contributed by atoms with Crippen LogP contribution in [0.1, 0.15) is 28.9 Å². The minimum Gasteiger partial charge on any atom is -0.494 e. The first kappa shape index (κ1) is 20.7. The molecule has 8 nitrogen and oxygen atoms in total. The molecule has 2 aromatic carbocycles. The zero-order valence-electron chi connectivity index (χ0n) is 16.5. The molecule has 4 rings (SSSR count). The van der Waals surface area contributed by atoms with Crippen molar-refractivity contribution in [3.05, 3.63) is 82.1 Å². The molecule has 9 heteroatoms. The van der Waals surface area contributed by atoms with Crippen molar-refractivity contribution in [3.8, 4) is 5.75 Å². The average molecular weight is 483 g/mol. The van der Waals surface area contributed by atoms with Gasteiger partial charge in [0.15, 0.2) is 0 Å². The van der Waals surface area contributed by atoms with Crippen molar-refractivity contribution in [1.29, 1.82) is 0 Å². The predicted octanol–water partition coefficient (Wildman–Crippen LogP) is 4.28. The van der Waals surface area contributed by atoms with Crippen LogP contribution >= 0.6 is 15.9 Å². The second-order valence-corrected chi connectivity index (χ2v) is 7.69. The number of ether oxygens (including phenoxy) is 1. The van der Waals surface area contributed by atoms with E-state index in [0.29, 0.717) is 23.9 Å². The minimum atomic E-state index is -1.12. The number of hydrogen-bond donors (Lipinski definition) is 3. The fourth-order valence-corrected chi connectivity index (χ4v) is 3.73. The smallest absolute Gasteiger partial charge is 0.352 e. The highest BCUT2D eigenvalue weighted by Crippen LogP contribution is 2.33. The van der Waals surface area contributed by atoms with Crippen LogP contribution in [0.15, 0.2) is 71.0 Å². The molecule has 1 aromatic heterocycles. The van der Waals surface area contributed by atoms with Crippen molar-refractivity contribution in [2.75, 3.05) is 17.2 Å². The third-order valence-corrected chi connectivity index (χ3v) is 5.22. The average Bonchev–Trinajstić information content (AvgIpc) is 3.19. The molecule has 3 N–H and O–H groups in total. The Kier molecular flexibility index (Phi) is 5.77. The summed E-state index contributed by atoms with van der Waals surface area (Å²) >= 11 is 3.44. The lowest BCUT2D eigenvalue weighted by Crippen LogP contribution is -2.25. The minimum absolute atomic E-state index is 0.0203. The Morgan fingerprint density at radius 3 is 2.71 bits per heavy atom. The summed E-state index contributed by atoms with van der Waals surface area (Å²) in [6.45, 7) is 2.45. The van der Waals surface area contributed by atoms with E-state index in [9.17, 15) is 14.7 Å². The highest BCUT2D eigenvalue weighted by atomic mass is 79.9. The summed E-state index contributed by atoms with van der Waals surface area (Å²) in [5.41, 5.74) is 1.63. The number of carbonyl (C=O) groups is 2. The molecule has 31 heavy (non-hydrogen) atoms. The number of rotatable bonds is 6. The van der Waals surface area contributed by atoms with Crippen molar-refractivity contribution < 1.29 is 19.4 Å². The van der Waals surface area contributed by atoms with E-state index in [2.05, 4.69) is 31.7 Å². The Balaban J connectivity index is 1.65. The molecule has 1 amide bonds. The number of aliphatic carboxylic acids is 1. The van der Waals surface area contributed by atoms with Gasteiger partial charge in [-0.25, -0.2) is 9.48 Å². The van der Waals surface area contributed by atoms with E-state index < -0.39 is 17.9 Å². The number of benzene rings is 2. The monoisotopic (exact) mass is 482 g/mol. The number of carboxylic acids is 1. The van der Waals surface area contributed by atoms with Crippen LogP contribution in [-0.4, -0.2) is 33.4 Å². The molecule has 3 aromatic rings. The molecular formula is C22H19BrN4O4. The summed E-state index contributed by atoms with van der Waals surface area (Å²) in [4.78, 5) is 24.6. The molecule has 0 fully saturated rings. The van der Waals surface area contributed by atoms with Gasteiger partial charge in [0, 0.05) is 10.2 Å². The molecule has 1 atom stereocenters. The lowest BCUT2D eigenvalue weighted by Gasteiger charge is -2.24. The van der Waals surface area contributed by atoms with Gasteiger partial charge in [0.25, 0.3) is 5.91 Å². The van der Waals surface area contributed by atoms with E-state index in [0.717, 1.165) is 10.0 Å². The summed E-state index contributed by atoms with van der Waals surface area (Å²) in [5, 5.41) is 19.6. The quantitative estimate of drug-likeness (QED) is 0.484. The lowest BCUT2D eigenvalue weighted by atomic mass is 10.0. The zero-order chi connectivity index (χ0) is 22.0. The lowest BCUT2D eigenvalue weighted by molar-refractivity contribution is -0.132. The number of nitrogens with zero attached hydrogens (tertiary/aromatic N) is 2. The molecule has 0 aliphatic carbocycles. The van der Waals surface area contributed by atoms with Gasteiger partial charge in [-0.05, 0) is 55.0 Å². The third kappa shape index (κ3) is 4.31. The summed E-state index contributed by atoms with van der Waals surface area (Å²) in [7, 11) is 0. The van der Waals surface area contributed by atoms with Crippen LogP contribution in [0.2, 0.25) is 0 Å². The molecule has 0 saturated heterocycles. The van der Waals surface area contributed by atoms with Gasteiger partial charge in [-0.1, -0.05) is 28.1 Å². The molecule has 158 valence electrons. The first-order valence-electron chi connectivity index (χ1n) is 9.55. The second kappa shape index (κ2) is 8.65. The van der Waals surface area contributed by atoms with Gasteiger partial charge >= 0.3 is 5.97 Å². The molecule has 0 bridgehead atoms. The normalized spacial score (nSPS) is 14.8. The van der Waals surface area contributed by atoms with E-state index in [-0.39, 0.29) is 11.3 Å². The van der Waals surface area contributed by atoms with Crippen molar-refractivity contribution in [2.24, 2.45) is 0 Å². The highest BCUT2D eigenvalue weighted by molar-refractivity contribution is 9.10. The molecule has 0 saturated carbocycles. The predicted molar refractivity (Wildman–Crippen MR) is 119 cm³/mol.